The van der Waals surface area contributed by atoms with Gasteiger partial charge >= 0.3 is 0 Å². The molecule has 0 aromatic heterocycles. The van der Waals surface area contributed by atoms with E-state index in [2.05, 4.69) is 11.2 Å². The van der Waals surface area contributed by atoms with E-state index < -0.39 is 5.92 Å². The van der Waals surface area contributed by atoms with E-state index in [1.165, 1.54) is 0 Å². The molecule has 0 saturated heterocycles. The maximum atomic E-state index is 13.2. The molecule has 4 heteroatoms. The Morgan fingerprint density at radius 1 is 1.43 bits per heavy atom. The highest BCUT2D eigenvalue weighted by Gasteiger charge is 2.30. The summed E-state index contributed by atoms with van der Waals surface area (Å²) in [4.78, 5) is 1.55. The first-order chi connectivity index (χ1) is 6.55. The van der Waals surface area contributed by atoms with Crippen LogP contribution >= 0.6 is 0 Å². The second kappa shape index (κ2) is 6.74. The smallest absolute Gasteiger partial charge is 0.272 e. The van der Waals surface area contributed by atoms with Gasteiger partial charge in [-0.1, -0.05) is 19.8 Å². The van der Waals surface area contributed by atoms with Crippen molar-refractivity contribution in [2.75, 3.05) is 32.7 Å². The summed E-state index contributed by atoms with van der Waals surface area (Å²) in [6.07, 6.45) is 5.07. The minimum Gasteiger partial charge on any atom is -0.311 e. The molecule has 1 N–H and O–H groups in total. The first-order valence-electron chi connectivity index (χ1n) is 4.80. The minimum atomic E-state index is -2.71. The molecule has 82 valence electrons. The number of nitrogens with one attached hydrogen (secondary N) is 1. The Morgan fingerprint density at radius 3 is 2.50 bits per heavy atom. The van der Waals surface area contributed by atoms with E-state index in [4.69, 9.17) is 6.42 Å². The number of hydrogen-bond donors (Lipinski definition) is 1. The van der Waals surface area contributed by atoms with Gasteiger partial charge in [-0.15, -0.1) is 6.42 Å². The van der Waals surface area contributed by atoms with Crippen LogP contribution in [0, 0.1) is 12.3 Å². The molecule has 0 aromatic rings. The lowest BCUT2D eigenvalue weighted by molar-refractivity contribution is -0.0261. The Morgan fingerprint density at radius 2 is 2.07 bits per heavy atom. The fourth-order valence-electron chi connectivity index (χ4n) is 1.10. The molecule has 0 aliphatic heterocycles. The molecule has 0 radical (unpaired) electrons. The molecule has 0 heterocycles. The van der Waals surface area contributed by atoms with Gasteiger partial charge in [0.25, 0.3) is 5.92 Å². The lowest BCUT2D eigenvalue weighted by Gasteiger charge is -2.24. The number of halogens is 2. The van der Waals surface area contributed by atoms with Crippen LogP contribution in [0.5, 0.6) is 0 Å². The fourth-order valence-corrected chi connectivity index (χ4v) is 1.10. The topological polar surface area (TPSA) is 15.3 Å². The predicted molar refractivity (Wildman–Crippen MR) is 54.4 cm³/mol. The van der Waals surface area contributed by atoms with Crippen LogP contribution in [0.2, 0.25) is 0 Å². The zero-order valence-corrected chi connectivity index (χ0v) is 8.82. The average Bonchev–Trinajstić information content (AvgIpc) is 2.14. The molecule has 0 atom stereocenters. The van der Waals surface area contributed by atoms with Crippen LogP contribution in [0.1, 0.15) is 13.8 Å². The van der Waals surface area contributed by atoms with Crippen LogP contribution < -0.4 is 5.32 Å². The Kier molecular flexibility index (Phi) is 6.43. The first kappa shape index (κ1) is 13.3. The molecule has 0 fully saturated rings. The van der Waals surface area contributed by atoms with E-state index in [0.717, 1.165) is 0 Å². The van der Waals surface area contributed by atoms with Crippen LogP contribution in [-0.2, 0) is 0 Å². The molecule has 0 aliphatic rings. The number of hydrogen-bond acceptors (Lipinski definition) is 2. The Hall–Kier alpha value is -0.660. The lowest BCUT2D eigenvalue weighted by atomic mass is 10.3. The van der Waals surface area contributed by atoms with Crippen molar-refractivity contribution >= 4 is 0 Å². The molecule has 0 rings (SSSR count). The maximum Gasteiger partial charge on any atom is 0.272 e. The van der Waals surface area contributed by atoms with Gasteiger partial charge in [-0.2, -0.15) is 0 Å². The molecule has 0 saturated carbocycles. The molecule has 0 amide bonds. The Bertz CT molecular complexity index is 187. The van der Waals surface area contributed by atoms with Gasteiger partial charge in [0.05, 0.1) is 19.6 Å². The standard InChI is InChI=1S/C10H18F2N2/c1-4-7-14(6-3)9-10(11,12)8-13-5-2/h1,13H,5-9H2,2-3H3. The Labute approximate surface area is 84.7 Å². The third-order valence-electron chi connectivity index (χ3n) is 1.85. The van der Waals surface area contributed by atoms with Gasteiger partial charge in [-0.05, 0) is 13.1 Å². The van der Waals surface area contributed by atoms with Crippen LogP contribution in [0.3, 0.4) is 0 Å². The maximum absolute atomic E-state index is 13.2. The molecule has 0 aliphatic carbocycles. The van der Waals surface area contributed by atoms with Gasteiger partial charge in [0.1, 0.15) is 0 Å². The van der Waals surface area contributed by atoms with Gasteiger partial charge in [0.15, 0.2) is 0 Å². The number of nitrogens with zero attached hydrogens (tertiary/aromatic N) is 1. The van der Waals surface area contributed by atoms with E-state index >= 15 is 0 Å². The minimum absolute atomic E-state index is 0.276. The normalized spacial score (nSPS) is 11.7. The van der Waals surface area contributed by atoms with Gasteiger partial charge < -0.3 is 5.32 Å². The Balaban J connectivity index is 3.97. The van der Waals surface area contributed by atoms with Crippen LogP contribution in [0.15, 0.2) is 0 Å². The summed E-state index contributed by atoms with van der Waals surface area (Å²) in [5.41, 5.74) is 0. The summed E-state index contributed by atoms with van der Waals surface area (Å²) < 4.78 is 26.4. The SMILES string of the molecule is C#CCN(CC)CC(F)(F)CNCC. The molecule has 0 aromatic carbocycles. The number of rotatable bonds is 7. The van der Waals surface area contributed by atoms with E-state index in [1.54, 1.807) is 11.8 Å². The van der Waals surface area contributed by atoms with Crippen molar-refractivity contribution in [1.29, 1.82) is 0 Å². The molecule has 0 spiro atoms. The monoisotopic (exact) mass is 204 g/mol. The summed E-state index contributed by atoms with van der Waals surface area (Å²) in [5.74, 6) is -0.336. The van der Waals surface area contributed by atoms with Gasteiger partial charge in [0, 0.05) is 0 Å². The predicted octanol–water partition coefficient (Wildman–Crippen LogP) is 1.19. The molecule has 14 heavy (non-hydrogen) atoms. The fraction of sp³-hybridized carbons (Fsp3) is 0.800. The quantitative estimate of drug-likeness (QED) is 0.627. The van der Waals surface area contributed by atoms with E-state index in [0.29, 0.717) is 13.1 Å². The second-order valence-corrected chi connectivity index (χ2v) is 3.14. The summed E-state index contributed by atoms with van der Waals surface area (Å²) in [7, 11) is 0. The van der Waals surface area contributed by atoms with Crippen LogP contribution in [0.25, 0.3) is 0 Å². The van der Waals surface area contributed by atoms with Gasteiger partial charge in [0.2, 0.25) is 0 Å². The molecular weight excluding hydrogens is 186 g/mol. The zero-order chi connectivity index (χ0) is 11.0. The van der Waals surface area contributed by atoms with Crippen molar-refractivity contribution in [2.24, 2.45) is 0 Å². The van der Waals surface area contributed by atoms with Crippen LogP contribution in [0.4, 0.5) is 8.78 Å². The highest BCUT2D eigenvalue weighted by atomic mass is 19.3. The zero-order valence-electron chi connectivity index (χ0n) is 8.82. The van der Waals surface area contributed by atoms with E-state index in [9.17, 15) is 8.78 Å². The third-order valence-corrected chi connectivity index (χ3v) is 1.85. The number of alkyl halides is 2. The van der Waals surface area contributed by atoms with E-state index in [1.807, 2.05) is 6.92 Å². The first-order valence-corrected chi connectivity index (χ1v) is 4.80. The van der Waals surface area contributed by atoms with Crippen molar-refractivity contribution in [3.05, 3.63) is 0 Å². The van der Waals surface area contributed by atoms with Crippen molar-refractivity contribution in [1.82, 2.24) is 10.2 Å². The van der Waals surface area contributed by atoms with Gasteiger partial charge in [-0.3, -0.25) is 4.90 Å². The summed E-state index contributed by atoms with van der Waals surface area (Å²) >= 11 is 0. The third kappa shape index (κ3) is 5.90. The summed E-state index contributed by atoms with van der Waals surface area (Å²) in [6.45, 7) is 4.43. The number of terminal acetylenes is 1. The van der Waals surface area contributed by atoms with Crippen molar-refractivity contribution in [2.45, 2.75) is 19.8 Å². The van der Waals surface area contributed by atoms with Crippen molar-refractivity contribution in [3.8, 4) is 12.3 Å². The van der Waals surface area contributed by atoms with Crippen LogP contribution in [-0.4, -0.2) is 43.5 Å². The molecular formula is C10H18F2N2. The highest BCUT2D eigenvalue weighted by Crippen LogP contribution is 2.13. The van der Waals surface area contributed by atoms with Gasteiger partial charge in [-0.25, -0.2) is 8.78 Å². The molecule has 0 unspecified atom stereocenters. The summed E-state index contributed by atoms with van der Waals surface area (Å²) in [6, 6.07) is 0. The average molecular weight is 204 g/mol. The van der Waals surface area contributed by atoms with E-state index in [-0.39, 0.29) is 19.6 Å². The second-order valence-electron chi connectivity index (χ2n) is 3.14. The highest BCUT2D eigenvalue weighted by molar-refractivity contribution is 4.89. The van der Waals surface area contributed by atoms with Crippen molar-refractivity contribution < 1.29 is 8.78 Å². The lowest BCUT2D eigenvalue weighted by Crippen LogP contribution is -2.43. The molecule has 2 nitrogen and oxygen atoms in total. The largest absolute Gasteiger partial charge is 0.311 e. The molecule has 0 bridgehead atoms. The summed E-state index contributed by atoms with van der Waals surface area (Å²) in [5, 5.41) is 2.63. The van der Waals surface area contributed by atoms with Crippen molar-refractivity contribution in [3.63, 3.8) is 0 Å².